The van der Waals surface area contributed by atoms with Crippen LogP contribution in [0.5, 0.6) is 23.0 Å². The quantitative estimate of drug-likeness (QED) is 0.868. The maximum absolute atomic E-state index is 12.9. The Morgan fingerprint density at radius 2 is 1.73 bits per heavy atom. The molecule has 2 aromatic carbocycles. The molecule has 1 N–H and O–H groups in total. The number of hydrogen-bond acceptors (Lipinski definition) is 4. The SMILES string of the molecule is COc1ccc(Oc2ccc3c(c2)C(C(=O)O)CC(C(F)(F)F)O3)cc1. The summed E-state index contributed by atoms with van der Waals surface area (Å²) in [5, 5.41) is 9.33. The third kappa shape index (κ3) is 3.68. The Morgan fingerprint density at radius 3 is 2.31 bits per heavy atom. The molecular weight excluding hydrogens is 353 g/mol. The molecule has 1 aliphatic heterocycles. The fourth-order valence-electron chi connectivity index (χ4n) is 2.73. The van der Waals surface area contributed by atoms with Crippen molar-refractivity contribution in [3.05, 3.63) is 48.0 Å². The van der Waals surface area contributed by atoms with Gasteiger partial charge in [-0.05, 0) is 42.5 Å². The van der Waals surface area contributed by atoms with Crippen LogP contribution in [0.4, 0.5) is 13.2 Å². The predicted octanol–water partition coefficient (Wildman–Crippen LogP) is 4.37. The van der Waals surface area contributed by atoms with E-state index in [1.54, 1.807) is 24.3 Å². The molecule has 2 aromatic rings. The van der Waals surface area contributed by atoms with E-state index in [1.807, 2.05) is 0 Å². The van der Waals surface area contributed by atoms with Crippen molar-refractivity contribution in [1.82, 2.24) is 0 Å². The lowest BCUT2D eigenvalue weighted by molar-refractivity contribution is -0.201. The van der Waals surface area contributed by atoms with Gasteiger partial charge in [-0.2, -0.15) is 13.2 Å². The number of carboxylic acids is 1. The minimum atomic E-state index is -4.64. The van der Waals surface area contributed by atoms with Gasteiger partial charge in [-0.15, -0.1) is 0 Å². The van der Waals surface area contributed by atoms with Crippen LogP contribution < -0.4 is 14.2 Å². The maximum Gasteiger partial charge on any atom is 0.425 e. The number of rotatable bonds is 4. The number of fused-ring (bicyclic) bond motifs is 1. The number of aliphatic carboxylic acids is 1. The standard InChI is InChI=1S/C18H15F3O5/c1-24-10-2-4-11(5-3-10)25-12-6-7-15-13(8-12)14(17(22)23)9-16(26-15)18(19,20)21/h2-8,14,16H,9H2,1H3,(H,22,23). The summed E-state index contributed by atoms with van der Waals surface area (Å²) in [7, 11) is 1.53. The molecule has 2 atom stereocenters. The van der Waals surface area contributed by atoms with Crippen molar-refractivity contribution in [2.45, 2.75) is 24.6 Å². The Bertz CT molecular complexity index is 801. The summed E-state index contributed by atoms with van der Waals surface area (Å²) in [6.07, 6.45) is -7.47. The van der Waals surface area contributed by atoms with Crippen LogP contribution in [0.25, 0.3) is 0 Å². The van der Waals surface area contributed by atoms with Crippen LogP contribution in [0.15, 0.2) is 42.5 Å². The summed E-state index contributed by atoms with van der Waals surface area (Å²) in [5.74, 6) is -1.36. The molecule has 1 heterocycles. The first-order valence-corrected chi connectivity index (χ1v) is 7.70. The lowest BCUT2D eigenvalue weighted by Gasteiger charge is -2.31. The highest BCUT2D eigenvalue weighted by Crippen LogP contribution is 2.43. The minimum Gasteiger partial charge on any atom is -0.497 e. The zero-order valence-corrected chi connectivity index (χ0v) is 13.6. The molecule has 138 valence electrons. The summed E-state index contributed by atoms with van der Waals surface area (Å²) in [6, 6.07) is 10.8. The molecule has 3 rings (SSSR count). The Balaban J connectivity index is 1.88. The number of methoxy groups -OCH3 is 1. The van der Waals surface area contributed by atoms with E-state index in [0.29, 0.717) is 17.2 Å². The summed E-state index contributed by atoms with van der Waals surface area (Å²) < 4.78 is 54.5. The maximum atomic E-state index is 12.9. The highest BCUT2D eigenvalue weighted by atomic mass is 19.4. The molecule has 8 heteroatoms. The number of alkyl halides is 3. The zero-order chi connectivity index (χ0) is 18.9. The first-order chi connectivity index (χ1) is 12.3. The molecule has 0 bridgehead atoms. The van der Waals surface area contributed by atoms with Crippen LogP contribution in [0.1, 0.15) is 17.9 Å². The molecule has 0 spiro atoms. The van der Waals surface area contributed by atoms with Gasteiger partial charge in [0.2, 0.25) is 0 Å². The number of carboxylic acid groups (broad SMARTS) is 1. The first-order valence-electron chi connectivity index (χ1n) is 7.70. The largest absolute Gasteiger partial charge is 0.497 e. The Labute approximate surface area is 146 Å². The third-order valence-corrected chi connectivity index (χ3v) is 4.03. The Kier molecular flexibility index (Phi) is 4.67. The first kappa shape index (κ1) is 17.9. The summed E-state index contributed by atoms with van der Waals surface area (Å²) in [5.41, 5.74) is 0.156. The average Bonchev–Trinajstić information content (AvgIpc) is 2.60. The second-order valence-corrected chi connectivity index (χ2v) is 5.75. The highest BCUT2D eigenvalue weighted by Gasteiger charge is 2.47. The molecule has 0 radical (unpaired) electrons. The van der Waals surface area contributed by atoms with Crippen molar-refractivity contribution < 1.29 is 37.3 Å². The molecule has 1 aliphatic rings. The Hall–Kier alpha value is -2.90. The van der Waals surface area contributed by atoms with Crippen molar-refractivity contribution in [2.75, 3.05) is 7.11 Å². The molecular formula is C18H15F3O5. The van der Waals surface area contributed by atoms with Gasteiger partial charge < -0.3 is 19.3 Å². The molecule has 0 aliphatic carbocycles. The van der Waals surface area contributed by atoms with Crippen LogP contribution in [0.2, 0.25) is 0 Å². The van der Waals surface area contributed by atoms with Gasteiger partial charge in [0.25, 0.3) is 0 Å². The summed E-state index contributed by atoms with van der Waals surface area (Å²) in [4.78, 5) is 11.5. The summed E-state index contributed by atoms with van der Waals surface area (Å²) in [6.45, 7) is 0. The second-order valence-electron chi connectivity index (χ2n) is 5.75. The summed E-state index contributed by atoms with van der Waals surface area (Å²) >= 11 is 0. The molecule has 2 unspecified atom stereocenters. The van der Waals surface area contributed by atoms with Gasteiger partial charge in [0.1, 0.15) is 23.0 Å². The van der Waals surface area contributed by atoms with Crippen molar-refractivity contribution in [3.8, 4) is 23.0 Å². The lowest BCUT2D eigenvalue weighted by Crippen LogP contribution is -2.40. The number of benzene rings is 2. The van der Waals surface area contributed by atoms with Gasteiger partial charge in [0, 0.05) is 12.0 Å². The van der Waals surface area contributed by atoms with Crippen molar-refractivity contribution >= 4 is 5.97 Å². The monoisotopic (exact) mass is 368 g/mol. The van der Waals surface area contributed by atoms with E-state index in [0.717, 1.165) is 0 Å². The molecule has 0 amide bonds. The van der Waals surface area contributed by atoms with Gasteiger partial charge >= 0.3 is 12.1 Å². The topological polar surface area (TPSA) is 65.0 Å². The predicted molar refractivity (Wildman–Crippen MR) is 85.0 cm³/mol. The molecule has 0 saturated heterocycles. The van der Waals surface area contributed by atoms with Gasteiger partial charge in [0.15, 0.2) is 6.10 Å². The number of ether oxygens (including phenoxy) is 3. The Morgan fingerprint density at radius 1 is 1.12 bits per heavy atom. The number of hydrogen-bond donors (Lipinski definition) is 1. The van der Waals surface area contributed by atoms with Crippen LogP contribution in [0.3, 0.4) is 0 Å². The van der Waals surface area contributed by atoms with Crippen LogP contribution in [-0.2, 0) is 4.79 Å². The van der Waals surface area contributed by atoms with Crippen molar-refractivity contribution in [1.29, 1.82) is 0 Å². The zero-order valence-electron chi connectivity index (χ0n) is 13.6. The van der Waals surface area contributed by atoms with Crippen LogP contribution >= 0.6 is 0 Å². The molecule has 0 saturated carbocycles. The van der Waals surface area contributed by atoms with Crippen LogP contribution in [-0.4, -0.2) is 30.5 Å². The molecule has 0 aromatic heterocycles. The van der Waals surface area contributed by atoms with E-state index in [9.17, 15) is 23.1 Å². The van der Waals surface area contributed by atoms with Crippen molar-refractivity contribution in [2.24, 2.45) is 0 Å². The smallest absolute Gasteiger partial charge is 0.425 e. The van der Waals surface area contributed by atoms with E-state index in [-0.39, 0.29) is 11.3 Å². The number of carbonyl (C=O) groups is 1. The molecule has 0 fully saturated rings. The lowest BCUT2D eigenvalue weighted by atomic mass is 9.89. The fourth-order valence-corrected chi connectivity index (χ4v) is 2.73. The molecule has 5 nitrogen and oxygen atoms in total. The van der Waals surface area contributed by atoms with E-state index in [4.69, 9.17) is 14.2 Å². The van der Waals surface area contributed by atoms with Gasteiger partial charge in [-0.1, -0.05) is 0 Å². The fraction of sp³-hybridized carbons (Fsp3) is 0.278. The van der Waals surface area contributed by atoms with E-state index in [2.05, 4.69) is 0 Å². The van der Waals surface area contributed by atoms with Gasteiger partial charge in [-0.3, -0.25) is 4.79 Å². The average molecular weight is 368 g/mol. The third-order valence-electron chi connectivity index (χ3n) is 4.03. The highest BCUT2D eigenvalue weighted by molar-refractivity contribution is 5.78. The second kappa shape index (κ2) is 6.78. The van der Waals surface area contributed by atoms with Gasteiger partial charge in [-0.25, -0.2) is 0 Å². The van der Waals surface area contributed by atoms with Crippen molar-refractivity contribution in [3.63, 3.8) is 0 Å². The number of halogens is 3. The normalized spacial score (nSPS) is 19.2. The van der Waals surface area contributed by atoms with E-state index in [1.165, 1.54) is 25.3 Å². The van der Waals surface area contributed by atoms with E-state index < -0.39 is 30.6 Å². The van der Waals surface area contributed by atoms with E-state index >= 15 is 0 Å². The molecule has 26 heavy (non-hydrogen) atoms. The van der Waals surface area contributed by atoms with Crippen LogP contribution in [0, 0.1) is 0 Å². The minimum absolute atomic E-state index is 0.104. The van der Waals surface area contributed by atoms with Gasteiger partial charge in [0.05, 0.1) is 13.0 Å².